The van der Waals surface area contributed by atoms with Crippen molar-refractivity contribution in [1.29, 1.82) is 0 Å². The van der Waals surface area contributed by atoms with Crippen LogP contribution in [-0.2, 0) is 9.47 Å². The molecule has 0 aromatic rings. The molecule has 0 heterocycles. The summed E-state index contributed by atoms with van der Waals surface area (Å²) in [6, 6.07) is 0. The minimum absolute atomic E-state index is 0.190. The van der Waals surface area contributed by atoms with Gasteiger partial charge in [-0.15, -0.1) is 0 Å². The first-order valence-corrected chi connectivity index (χ1v) is 7.46. The second-order valence-corrected chi connectivity index (χ2v) is 6.68. The quantitative estimate of drug-likeness (QED) is 0.525. The highest BCUT2D eigenvalue weighted by atomic mass is 16.5. The third-order valence-electron chi connectivity index (χ3n) is 2.72. The fourth-order valence-corrected chi connectivity index (χ4v) is 2.11. The smallest absolute Gasteiger partial charge is 0.0897 e. The van der Waals surface area contributed by atoms with Crippen LogP contribution in [0.3, 0.4) is 0 Å². The fraction of sp³-hybridized carbons (Fsp3) is 1.00. The molecule has 2 N–H and O–H groups in total. The molecule has 5 heteroatoms. The molecule has 0 radical (unpaired) electrons. The summed E-state index contributed by atoms with van der Waals surface area (Å²) in [6.45, 7) is 12.3. The summed E-state index contributed by atoms with van der Waals surface area (Å²) < 4.78 is 10.7. The fourth-order valence-electron chi connectivity index (χ4n) is 2.11. The minimum atomic E-state index is -0.468. The van der Waals surface area contributed by atoms with Crippen molar-refractivity contribution in [1.82, 2.24) is 10.2 Å². The lowest BCUT2D eigenvalue weighted by Gasteiger charge is -2.29. The van der Waals surface area contributed by atoms with Crippen LogP contribution in [0.25, 0.3) is 0 Å². The highest BCUT2D eigenvalue weighted by Crippen LogP contribution is 2.13. The van der Waals surface area contributed by atoms with Gasteiger partial charge in [0.2, 0.25) is 0 Å². The Morgan fingerprint density at radius 2 is 1.85 bits per heavy atom. The average Bonchev–Trinajstić information content (AvgIpc) is 2.25. The number of nitrogens with one attached hydrogen (secondary N) is 1. The number of rotatable bonds is 12. The molecular weight excluding hydrogens is 256 g/mol. The molecule has 0 saturated carbocycles. The van der Waals surface area contributed by atoms with Crippen molar-refractivity contribution in [3.63, 3.8) is 0 Å². The van der Waals surface area contributed by atoms with Gasteiger partial charge >= 0.3 is 0 Å². The van der Waals surface area contributed by atoms with Crippen LogP contribution in [0, 0.1) is 5.41 Å². The van der Waals surface area contributed by atoms with Crippen molar-refractivity contribution in [2.75, 3.05) is 53.6 Å². The Kier molecular flexibility index (Phi) is 10.4. The Morgan fingerprint density at radius 1 is 1.20 bits per heavy atom. The van der Waals surface area contributed by atoms with Crippen LogP contribution in [0.15, 0.2) is 0 Å². The lowest BCUT2D eigenvalue weighted by molar-refractivity contribution is -0.0104. The van der Waals surface area contributed by atoms with Gasteiger partial charge in [-0.05, 0) is 33.4 Å². The Hall–Kier alpha value is -0.200. The zero-order valence-corrected chi connectivity index (χ0v) is 14.1. The molecule has 122 valence electrons. The third-order valence-corrected chi connectivity index (χ3v) is 2.72. The van der Waals surface area contributed by atoms with E-state index < -0.39 is 6.10 Å². The van der Waals surface area contributed by atoms with Crippen LogP contribution in [0.4, 0.5) is 0 Å². The van der Waals surface area contributed by atoms with Crippen molar-refractivity contribution in [2.45, 2.75) is 39.9 Å². The standard InChI is InChI=1S/C15H34N2O3/c1-13(2)20-8-7-19-10-14(18)9-16-11-15(3,4)12-17(5)6/h13-14,16,18H,7-12H2,1-6H3. The molecule has 0 aromatic carbocycles. The molecular formula is C15H34N2O3. The average molecular weight is 290 g/mol. The van der Waals surface area contributed by atoms with E-state index in [9.17, 15) is 5.11 Å². The second-order valence-electron chi connectivity index (χ2n) is 6.68. The van der Waals surface area contributed by atoms with E-state index >= 15 is 0 Å². The van der Waals surface area contributed by atoms with Gasteiger partial charge in [-0.1, -0.05) is 13.8 Å². The molecule has 0 spiro atoms. The summed E-state index contributed by atoms with van der Waals surface area (Å²) in [7, 11) is 4.15. The van der Waals surface area contributed by atoms with E-state index in [0.29, 0.717) is 26.4 Å². The predicted molar refractivity (Wildman–Crippen MR) is 83.1 cm³/mol. The van der Waals surface area contributed by atoms with Crippen LogP contribution < -0.4 is 5.32 Å². The van der Waals surface area contributed by atoms with Crippen molar-refractivity contribution >= 4 is 0 Å². The first-order chi connectivity index (χ1) is 9.23. The molecule has 0 bridgehead atoms. The topological polar surface area (TPSA) is 54.0 Å². The third kappa shape index (κ3) is 12.8. The molecule has 1 unspecified atom stereocenters. The summed E-state index contributed by atoms with van der Waals surface area (Å²) >= 11 is 0. The number of nitrogens with zero attached hydrogens (tertiary/aromatic N) is 1. The van der Waals surface area contributed by atoms with Gasteiger partial charge in [0.1, 0.15) is 0 Å². The summed E-state index contributed by atoms with van der Waals surface area (Å²) in [5.74, 6) is 0. The van der Waals surface area contributed by atoms with Gasteiger partial charge in [-0.2, -0.15) is 0 Å². The number of aliphatic hydroxyl groups excluding tert-OH is 1. The summed E-state index contributed by atoms with van der Waals surface area (Å²) in [5.41, 5.74) is 0.190. The zero-order chi connectivity index (χ0) is 15.6. The Labute approximate surface area is 124 Å². The Morgan fingerprint density at radius 3 is 2.40 bits per heavy atom. The van der Waals surface area contributed by atoms with Crippen LogP contribution in [-0.4, -0.2) is 75.8 Å². The number of hydrogen-bond acceptors (Lipinski definition) is 5. The van der Waals surface area contributed by atoms with Gasteiger partial charge in [-0.3, -0.25) is 0 Å². The maximum atomic E-state index is 9.80. The van der Waals surface area contributed by atoms with Gasteiger partial charge in [-0.25, -0.2) is 0 Å². The van der Waals surface area contributed by atoms with E-state index in [1.54, 1.807) is 0 Å². The van der Waals surface area contributed by atoms with E-state index in [2.05, 4.69) is 38.2 Å². The molecule has 0 aliphatic rings. The molecule has 0 aliphatic heterocycles. The zero-order valence-electron chi connectivity index (χ0n) is 14.1. The summed E-state index contributed by atoms with van der Waals surface area (Å²) in [4.78, 5) is 2.18. The molecule has 20 heavy (non-hydrogen) atoms. The van der Waals surface area contributed by atoms with Gasteiger partial charge in [0.15, 0.2) is 0 Å². The van der Waals surface area contributed by atoms with Crippen molar-refractivity contribution < 1.29 is 14.6 Å². The van der Waals surface area contributed by atoms with E-state index in [4.69, 9.17) is 9.47 Å². The molecule has 1 atom stereocenters. The van der Waals surface area contributed by atoms with E-state index in [1.807, 2.05) is 13.8 Å². The maximum Gasteiger partial charge on any atom is 0.0897 e. The number of aliphatic hydroxyl groups is 1. The highest BCUT2D eigenvalue weighted by molar-refractivity contribution is 4.75. The van der Waals surface area contributed by atoms with E-state index in [-0.39, 0.29) is 11.5 Å². The summed E-state index contributed by atoms with van der Waals surface area (Å²) in [5, 5.41) is 13.1. The highest BCUT2D eigenvalue weighted by Gasteiger charge is 2.18. The Bertz CT molecular complexity index is 233. The Balaban J connectivity index is 3.55. The molecule has 0 aliphatic carbocycles. The normalized spacial score (nSPS) is 14.2. The first kappa shape index (κ1) is 19.8. The van der Waals surface area contributed by atoms with Crippen molar-refractivity contribution in [3.05, 3.63) is 0 Å². The molecule has 0 amide bonds. The number of ether oxygens (including phenoxy) is 2. The molecule has 0 aromatic heterocycles. The van der Waals surface area contributed by atoms with Gasteiger partial charge in [0.25, 0.3) is 0 Å². The van der Waals surface area contributed by atoms with Gasteiger partial charge < -0.3 is 24.8 Å². The van der Waals surface area contributed by atoms with Crippen LogP contribution in [0.2, 0.25) is 0 Å². The number of hydrogen-bond donors (Lipinski definition) is 2. The largest absolute Gasteiger partial charge is 0.389 e. The van der Waals surface area contributed by atoms with Crippen LogP contribution in [0.1, 0.15) is 27.7 Å². The van der Waals surface area contributed by atoms with E-state index in [0.717, 1.165) is 13.1 Å². The second kappa shape index (κ2) is 10.5. The first-order valence-electron chi connectivity index (χ1n) is 7.46. The van der Waals surface area contributed by atoms with Gasteiger partial charge in [0, 0.05) is 19.6 Å². The predicted octanol–water partition coefficient (Wildman–Crippen LogP) is 0.966. The van der Waals surface area contributed by atoms with E-state index in [1.165, 1.54) is 0 Å². The van der Waals surface area contributed by atoms with Crippen molar-refractivity contribution in [3.8, 4) is 0 Å². The molecule has 0 saturated heterocycles. The SMILES string of the molecule is CC(C)OCCOCC(O)CNCC(C)(C)CN(C)C. The van der Waals surface area contributed by atoms with Crippen molar-refractivity contribution in [2.24, 2.45) is 5.41 Å². The molecule has 0 fully saturated rings. The monoisotopic (exact) mass is 290 g/mol. The summed E-state index contributed by atoms with van der Waals surface area (Å²) in [6.07, 6.45) is -0.242. The lowest BCUT2D eigenvalue weighted by Crippen LogP contribution is -2.41. The van der Waals surface area contributed by atoms with Crippen LogP contribution >= 0.6 is 0 Å². The minimum Gasteiger partial charge on any atom is -0.389 e. The lowest BCUT2D eigenvalue weighted by atomic mass is 9.93. The molecule has 5 nitrogen and oxygen atoms in total. The maximum absolute atomic E-state index is 9.80. The van der Waals surface area contributed by atoms with Crippen LogP contribution in [0.5, 0.6) is 0 Å². The molecule has 0 rings (SSSR count). The van der Waals surface area contributed by atoms with Gasteiger partial charge in [0.05, 0.1) is 32.0 Å².